The van der Waals surface area contributed by atoms with Crippen LogP contribution >= 0.6 is 11.8 Å². The summed E-state index contributed by atoms with van der Waals surface area (Å²) in [6, 6.07) is 4.14. The molecule has 32 heavy (non-hydrogen) atoms. The zero-order chi connectivity index (χ0) is 23.5. The van der Waals surface area contributed by atoms with Gasteiger partial charge in [0.25, 0.3) is 0 Å². The third kappa shape index (κ3) is 5.57. The van der Waals surface area contributed by atoms with Gasteiger partial charge < -0.3 is 0 Å². The van der Waals surface area contributed by atoms with E-state index in [0.29, 0.717) is 25.0 Å². The van der Waals surface area contributed by atoms with Crippen LogP contribution in [0.3, 0.4) is 0 Å². The van der Waals surface area contributed by atoms with Crippen LogP contribution in [0.4, 0.5) is 13.2 Å². The van der Waals surface area contributed by atoms with Crippen molar-refractivity contribution in [3.63, 3.8) is 0 Å². The number of aromatic nitrogens is 2. The maximum Gasteiger partial charge on any atom is 0.419 e. The van der Waals surface area contributed by atoms with E-state index >= 15 is 0 Å². The molecule has 0 N–H and O–H groups in total. The summed E-state index contributed by atoms with van der Waals surface area (Å²) in [6.07, 6.45) is -0.0973. The average Bonchev–Trinajstić information content (AvgIpc) is 2.73. The molecule has 0 saturated heterocycles. The van der Waals surface area contributed by atoms with Crippen LogP contribution in [0.15, 0.2) is 29.7 Å². The number of hydrogen-bond acceptors (Lipinski definition) is 5. The van der Waals surface area contributed by atoms with E-state index in [-0.39, 0.29) is 22.6 Å². The van der Waals surface area contributed by atoms with Gasteiger partial charge in [0.2, 0.25) is 0 Å². The first-order chi connectivity index (χ1) is 15.1. The number of aryl methyl sites for hydroxylation is 3. The van der Waals surface area contributed by atoms with E-state index in [0.717, 1.165) is 47.5 Å². The van der Waals surface area contributed by atoms with Crippen LogP contribution < -0.4 is 0 Å². The highest BCUT2D eigenvalue weighted by molar-refractivity contribution is 7.99. The number of Topliss-reactive ketones (excluding diaryl/α,β-unsaturated/α-hetero) is 2. The maximum atomic E-state index is 13.0. The van der Waals surface area contributed by atoms with Gasteiger partial charge >= 0.3 is 6.18 Å². The van der Waals surface area contributed by atoms with E-state index in [4.69, 9.17) is 0 Å². The molecule has 0 unspecified atom stereocenters. The minimum atomic E-state index is -4.46. The molecule has 172 valence electrons. The van der Waals surface area contributed by atoms with Crippen LogP contribution in [0.5, 0.6) is 0 Å². The molecule has 2 aromatic rings. The summed E-state index contributed by atoms with van der Waals surface area (Å²) in [5.41, 5.74) is 3.30. The zero-order valence-electron chi connectivity index (χ0n) is 18.5. The Bertz CT molecular complexity index is 947. The third-order valence-electron chi connectivity index (χ3n) is 5.88. The van der Waals surface area contributed by atoms with Crippen molar-refractivity contribution in [2.45, 2.75) is 70.1 Å². The van der Waals surface area contributed by atoms with Crippen LogP contribution in [0, 0.1) is 12.8 Å². The molecule has 0 atom stereocenters. The molecule has 3 rings (SSSR count). The summed E-state index contributed by atoms with van der Waals surface area (Å²) in [5, 5.41) is 0.254. The van der Waals surface area contributed by atoms with Crippen molar-refractivity contribution in [2.75, 3.05) is 5.75 Å². The van der Waals surface area contributed by atoms with Gasteiger partial charge in [0, 0.05) is 31.0 Å². The Hall–Kier alpha value is -2.22. The molecule has 8 heteroatoms. The fraction of sp³-hybridized carbons (Fsp3) is 0.500. The van der Waals surface area contributed by atoms with Crippen molar-refractivity contribution in [1.29, 1.82) is 0 Å². The molecule has 0 amide bonds. The second kappa shape index (κ2) is 10.1. The summed E-state index contributed by atoms with van der Waals surface area (Å²) in [4.78, 5) is 33.6. The largest absolute Gasteiger partial charge is 0.419 e. The van der Waals surface area contributed by atoms with Gasteiger partial charge in [-0.1, -0.05) is 43.3 Å². The Morgan fingerprint density at radius 2 is 1.53 bits per heavy atom. The summed E-state index contributed by atoms with van der Waals surface area (Å²) < 4.78 is 37.8. The first-order valence-electron chi connectivity index (χ1n) is 10.8. The third-order valence-corrected chi connectivity index (χ3v) is 6.79. The Kier molecular flexibility index (Phi) is 7.75. The molecule has 1 heterocycles. The number of carbonyl (C=O) groups excluding carboxylic acids is 2. The molecule has 0 bridgehead atoms. The fourth-order valence-electron chi connectivity index (χ4n) is 4.35. The molecule has 1 fully saturated rings. The second-order valence-electron chi connectivity index (χ2n) is 8.23. The van der Waals surface area contributed by atoms with Gasteiger partial charge in [-0.05, 0) is 48.8 Å². The molecule has 0 aliphatic heterocycles. The van der Waals surface area contributed by atoms with Crippen molar-refractivity contribution in [2.24, 2.45) is 5.92 Å². The van der Waals surface area contributed by atoms with E-state index < -0.39 is 17.7 Å². The molecule has 1 aromatic heterocycles. The van der Waals surface area contributed by atoms with E-state index in [2.05, 4.69) is 22.1 Å². The van der Waals surface area contributed by atoms with Crippen molar-refractivity contribution in [3.8, 4) is 0 Å². The molecule has 0 radical (unpaired) electrons. The lowest BCUT2D eigenvalue weighted by Crippen LogP contribution is -2.33. The number of thioether (sulfide) groups is 1. The summed E-state index contributed by atoms with van der Waals surface area (Å²) in [6.45, 7) is 6.11. The van der Waals surface area contributed by atoms with Crippen molar-refractivity contribution in [3.05, 3.63) is 52.3 Å². The second-order valence-corrected chi connectivity index (χ2v) is 9.30. The van der Waals surface area contributed by atoms with Gasteiger partial charge in [0.05, 0.1) is 5.56 Å². The highest BCUT2D eigenvalue weighted by Gasteiger charge is 2.38. The number of carbonyl (C=O) groups is 2. The van der Waals surface area contributed by atoms with Gasteiger partial charge in [-0.25, -0.2) is 9.97 Å². The smallest absolute Gasteiger partial charge is 0.299 e. The standard InChI is InChI=1S/C24H27F3N2O2S/c1-4-16-8-14(3)9-17(5-2)21(16)22-19(30)10-15(11-20(22)31)6-7-32-23-28-12-18(13-29-23)24(25,26)27/h8-9,12-13,15,22H,4-7,10-11H2,1-3H3. The lowest BCUT2D eigenvalue weighted by molar-refractivity contribution is -0.138. The van der Waals surface area contributed by atoms with E-state index in [1.807, 2.05) is 20.8 Å². The molecule has 1 saturated carbocycles. The van der Waals surface area contributed by atoms with Gasteiger partial charge in [0.1, 0.15) is 17.5 Å². The van der Waals surface area contributed by atoms with Crippen LogP contribution in [0.25, 0.3) is 0 Å². The molecule has 1 aromatic carbocycles. The Balaban J connectivity index is 1.64. The van der Waals surface area contributed by atoms with E-state index in [1.165, 1.54) is 11.8 Å². The highest BCUT2D eigenvalue weighted by Crippen LogP contribution is 2.37. The van der Waals surface area contributed by atoms with Crippen LogP contribution in [-0.2, 0) is 28.6 Å². The molecule has 4 nitrogen and oxygen atoms in total. The number of nitrogens with zero attached hydrogens (tertiary/aromatic N) is 2. The number of rotatable bonds is 7. The average molecular weight is 465 g/mol. The normalized spacial score (nSPS) is 19.4. The van der Waals surface area contributed by atoms with Crippen molar-refractivity contribution < 1.29 is 22.8 Å². The van der Waals surface area contributed by atoms with Crippen LogP contribution in [0.1, 0.15) is 66.8 Å². The summed E-state index contributed by atoms with van der Waals surface area (Å²) >= 11 is 1.23. The maximum absolute atomic E-state index is 13.0. The number of alkyl halides is 3. The molecule has 1 aliphatic rings. The summed E-state index contributed by atoms with van der Waals surface area (Å²) in [5.74, 6) is -0.270. The lowest BCUT2D eigenvalue weighted by atomic mass is 9.73. The number of ketones is 2. The Morgan fingerprint density at radius 3 is 2.00 bits per heavy atom. The van der Waals surface area contributed by atoms with E-state index in [1.54, 1.807) is 0 Å². The van der Waals surface area contributed by atoms with Crippen molar-refractivity contribution >= 4 is 23.3 Å². The van der Waals surface area contributed by atoms with Crippen LogP contribution in [0.2, 0.25) is 0 Å². The Labute approximate surface area is 190 Å². The summed E-state index contributed by atoms with van der Waals surface area (Å²) in [7, 11) is 0. The quantitative estimate of drug-likeness (QED) is 0.297. The monoisotopic (exact) mass is 464 g/mol. The molecular weight excluding hydrogens is 437 g/mol. The minimum Gasteiger partial charge on any atom is -0.299 e. The van der Waals surface area contributed by atoms with Crippen LogP contribution in [-0.4, -0.2) is 27.3 Å². The fourth-order valence-corrected chi connectivity index (χ4v) is 5.23. The zero-order valence-corrected chi connectivity index (χ0v) is 19.3. The SMILES string of the molecule is CCc1cc(C)cc(CC)c1C1C(=O)CC(CCSc2ncc(C(F)(F)F)cn2)CC1=O. The molecule has 1 aliphatic carbocycles. The topological polar surface area (TPSA) is 59.9 Å². The van der Waals surface area contributed by atoms with Gasteiger partial charge in [-0.2, -0.15) is 13.2 Å². The predicted octanol–water partition coefficient (Wildman–Crippen LogP) is 5.74. The first kappa shape index (κ1) is 24.4. The van der Waals surface area contributed by atoms with Gasteiger partial charge in [0.15, 0.2) is 5.16 Å². The van der Waals surface area contributed by atoms with Gasteiger partial charge in [-0.3, -0.25) is 9.59 Å². The lowest BCUT2D eigenvalue weighted by Gasteiger charge is -2.29. The first-order valence-corrected chi connectivity index (χ1v) is 11.8. The molecular formula is C24H27F3N2O2S. The predicted molar refractivity (Wildman–Crippen MR) is 118 cm³/mol. The number of halogens is 3. The minimum absolute atomic E-state index is 0.0321. The van der Waals surface area contributed by atoms with Gasteiger partial charge in [-0.15, -0.1) is 0 Å². The highest BCUT2D eigenvalue weighted by atomic mass is 32.2. The Morgan fingerprint density at radius 1 is 1.00 bits per heavy atom. The number of benzene rings is 1. The number of hydrogen-bond donors (Lipinski definition) is 0. The van der Waals surface area contributed by atoms with E-state index in [9.17, 15) is 22.8 Å². The molecule has 0 spiro atoms. The van der Waals surface area contributed by atoms with Crippen molar-refractivity contribution in [1.82, 2.24) is 9.97 Å².